The molecule has 0 unspecified atom stereocenters. The molecule has 118 valence electrons. The van der Waals surface area contributed by atoms with Crippen molar-refractivity contribution >= 4 is 27.9 Å². The van der Waals surface area contributed by atoms with Gasteiger partial charge in [-0.05, 0) is 12.1 Å². The summed E-state index contributed by atoms with van der Waals surface area (Å²) in [5.41, 5.74) is 0.288. The topological polar surface area (TPSA) is 72.9 Å². The molecule has 2 rings (SSSR count). The lowest BCUT2D eigenvalue weighted by Crippen LogP contribution is -2.53. The molecule has 0 atom stereocenters. The molecule has 1 aliphatic heterocycles. The van der Waals surface area contributed by atoms with Crippen LogP contribution in [-0.4, -0.2) is 59.6 Å². The molecule has 0 aromatic heterocycles. The van der Waals surface area contributed by atoms with E-state index in [1.54, 1.807) is 28.0 Å². The number of nitrogens with zero attached hydrogens (tertiary/aromatic N) is 2. The molecular formula is C15H18BrN3O3. The number of aromatic hydroxyl groups is 1. The summed E-state index contributed by atoms with van der Waals surface area (Å²) in [4.78, 5) is 27.6. The number of para-hydroxylation sites is 1. The zero-order valence-electron chi connectivity index (χ0n) is 12.1. The molecule has 1 fully saturated rings. The van der Waals surface area contributed by atoms with Crippen LogP contribution in [0.3, 0.4) is 0 Å². The van der Waals surface area contributed by atoms with Gasteiger partial charge in [-0.25, -0.2) is 4.79 Å². The van der Waals surface area contributed by atoms with Crippen LogP contribution in [-0.2, 0) is 0 Å². The summed E-state index contributed by atoms with van der Waals surface area (Å²) >= 11 is 3.18. The Morgan fingerprint density at radius 2 is 1.77 bits per heavy atom. The minimum atomic E-state index is -0.216. The van der Waals surface area contributed by atoms with Gasteiger partial charge in [-0.2, -0.15) is 0 Å². The van der Waals surface area contributed by atoms with E-state index in [0.29, 0.717) is 37.2 Å². The van der Waals surface area contributed by atoms with Gasteiger partial charge in [0.25, 0.3) is 5.91 Å². The molecule has 3 amide bonds. The Bertz CT molecular complexity index is 583. The third-order valence-corrected chi connectivity index (χ3v) is 3.70. The summed E-state index contributed by atoms with van der Waals surface area (Å²) < 4.78 is 0.703. The van der Waals surface area contributed by atoms with E-state index in [0.717, 1.165) is 0 Å². The molecule has 0 radical (unpaired) electrons. The average molecular weight is 368 g/mol. The summed E-state index contributed by atoms with van der Waals surface area (Å²) in [6, 6.07) is 6.30. The Morgan fingerprint density at radius 3 is 2.36 bits per heavy atom. The van der Waals surface area contributed by atoms with Crippen LogP contribution < -0.4 is 5.32 Å². The lowest BCUT2D eigenvalue weighted by atomic mass is 10.1. The number of halogens is 1. The second-order valence-corrected chi connectivity index (χ2v) is 6.09. The van der Waals surface area contributed by atoms with Crippen LogP contribution >= 0.6 is 15.9 Å². The Hall–Kier alpha value is -2.02. The smallest absolute Gasteiger partial charge is 0.317 e. The van der Waals surface area contributed by atoms with Gasteiger partial charge in [0.15, 0.2) is 0 Å². The van der Waals surface area contributed by atoms with Crippen molar-refractivity contribution in [1.82, 2.24) is 15.1 Å². The summed E-state index contributed by atoms with van der Waals surface area (Å²) in [6.07, 6.45) is 0. The second-order valence-electron chi connectivity index (χ2n) is 4.97. The Kier molecular flexibility index (Phi) is 5.43. The highest BCUT2D eigenvalue weighted by molar-refractivity contribution is 9.11. The van der Waals surface area contributed by atoms with Gasteiger partial charge in [0.2, 0.25) is 0 Å². The maximum Gasteiger partial charge on any atom is 0.317 e. The predicted octanol–water partition coefficient (Wildman–Crippen LogP) is 1.77. The number of piperazine rings is 1. The van der Waals surface area contributed by atoms with Crippen LogP contribution in [0, 0.1) is 0 Å². The van der Waals surface area contributed by atoms with E-state index >= 15 is 0 Å². The highest BCUT2D eigenvalue weighted by Gasteiger charge is 2.25. The maximum absolute atomic E-state index is 12.3. The molecule has 22 heavy (non-hydrogen) atoms. The number of benzene rings is 1. The number of nitrogens with one attached hydrogen (secondary N) is 1. The van der Waals surface area contributed by atoms with Gasteiger partial charge < -0.3 is 20.2 Å². The summed E-state index contributed by atoms with van der Waals surface area (Å²) in [5.74, 6) is -0.240. The molecular weight excluding hydrogens is 350 g/mol. The number of rotatable bonds is 3. The molecule has 0 spiro atoms. The fraction of sp³-hybridized carbons (Fsp3) is 0.333. The number of amides is 3. The molecule has 1 aliphatic rings. The van der Waals surface area contributed by atoms with Crippen molar-refractivity contribution < 1.29 is 14.7 Å². The van der Waals surface area contributed by atoms with E-state index in [1.807, 2.05) is 0 Å². The van der Waals surface area contributed by atoms with Gasteiger partial charge >= 0.3 is 6.03 Å². The molecule has 0 aliphatic carbocycles. The van der Waals surface area contributed by atoms with Crippen molar-refractivity contribution in [2.75, 3.05) is 32.7 Å². The SMILES string of the molecule is C=C(Br)CNC(=O)N1CCN(C(=O)c2ccccc2O)CC1. The monoisotopic (exact) mass is 367 g/mol. The van der Waals surface area contributed by atoms with Gasteiger partial charge in [0, 0.05) is 30.7 Å². The molecule has 1 saturated heterocycles. The lowest BCUT2D eigenvalue weighted by molar-refractivity contribution is 0.0662. The van der Waals surface area contributed by atoms with Crippen LogP contribution in [0.5, 0.6) is 5.75 Å². The lowest BCUT2D eigenvalue weighted by Gasteiger charge is -2.34. The quantitative estimate of drug-likeness (QED) is 0.854. The molecule has 6 nitrogen and oxygen atoms in total. The Morgan fingerprint density at radius 1 is 1.18 bits per heavy atom. The van der Waals surface area contributed by atoms with Crippen molar-refractivity contribution in [3.63, 3.8) is 0 Å². The van der Waals surface area contributed by atoms with Gasteiger partial charge in [-0.3, -0.25) is 4.79 Å². The van der Waals surface area contributed by atoms with Crippen LogP contribution in [0.25, 0.3) is 0 Å². The van der Waals surface area contributed by atoms with E-state index in [9.17, 15) is 14.7 Å². The second kappa shape index (κ2) is 7.31. The van der Waals surface area contributed by atoms with Crippen molar-refractivity contribution in [2.45, 2.75) is 0 Å². The molecule has 0 saturated carbocycles. The number of phenols is 1. The van der Waals surface area contributed by atoms with Crippen molar-refractivity contribution in [3.05, 3.63) is 40.9 Å². The molecule has 0 bridgehead atoms. The Balaban J connectivity index is 1.89. The first kappa shape index (κ1) is 16.4. The fourth-order valence-corrected chi connectivity index (χ4v) is 2.36. The third kappa shape index (κ3) is 4.00. The number of carbonyl (C=O) groups excluding carboxylic acids is 2. The summed E-state index contributed by atoms with van der Waals surface area (Å²) in [7, 11) is 0. The molecule has 1 heterocycles. The van der Waals surface area contributed by atoms with Crippen LogP contribution in [0.4, 0.5) is 4.79 Å². The van der Waals surface area contributed by atoms with Crippen molar-refractivity contribution in [1.29, 1.82) is 0 Å². The highest BCUT2D eigenvalue weighted by atomic mass is 79.9. The van der Waals surface area contributed by atoms with E-state index in [1.165, 1.54) is 6.07 Å². The van der Waals surface area contributed by atoms with Crippen LogP contribution in [0.15, 0.2) is 35.3 Å². The summed E-state index contributed by atoms with van der Waals surface area (Å²) in [6.45, 7) is 5.82. The third-order valence-electron chi connectivity index (χ3n) is 3.42. The number of carbonyl (C=O) groups is 2. The number of phenolic OH excluding ortho intramolecular Hbond substituents is 1. The van der Waals surface area contributed by atoms with E-state index in [2.05, 4.69) is 27.8 Å². The Labute approximate surface area is 137 Å². The number of hydrogen-bond acceptors (Lipinski definition) is 3. The van der Waals surface area contributed by atoms with Gasteiger partial charge in [0.1, 0.15) is 5.75 Å². The first-order valence-electron chi connectivity index (χ1n) is 6.92. The highest BCUT2D eigenvalue weighted by Crippen LogP contribution is 2.18. The molecule has 1 aromatic carbocycles. The summed E-state index contributed by atoms with van der Waals surface area (Å²) in [5, 5.41) is 12.5. The molecule has 1 aromatic rings. The predicted molar refractivity (Wildman–Crippen MR) is 87.0 cm³/mol. The van der Waals surface area contributed by atoms with E-state index < -0.39 is 0 Å². The van der Waals surface area contributed by atoms with E-state index in [4.69, 9.17) is 0 Å². The average Bonchev–Trinajstić information content (AvgIpc) is 2.52. The van der Waals surface area contributed by atoms with E-state index in [-0.39, 0.29) is 23.3 Å². The standard InChI is InChI=1S/C15H18BrN3O3/c1-11(16)10-17-15(22)19-8-6-18(7-9-19)14(21)12-4-2-3-5-13(12)20/h2-5,20H,1,6-10H2,(H,17,22). The normalized spacial score (nSPS) is 14.6. The van der Waals surface area contributed by atoms with Gasteiger partial charge in [0.05, 0.1) is 12.1 Å². The maximum atomic E-state index is 12.3. The fourth-order valence-electron chi connectivity index (χ4n) is 2.22. The van der Waals surface area contributed by atoms with Crippen molar-refractivity contribution in [3.8, 4) is 5.75 Å². The van der Waals surface area contributed by atoms with Crippen LogP contribution in [0.1, 0.15) is 10.4 Å². The minimum absolute atomic E-state index is 0.0245. The van der Waals surface area contributed by atoms with Gasteiger partial charge in [-0.15, -0.1) is 0 Å². The largest absolute Gasteiger partial charge is 0.507 e. The zero-order valence-corrected chi connectivity index (χ0v) is 13.7. The van der Waals surface area contributed by atoms with Crippen LogP contribution in [0.2, 0.25) is 0 Å². The van der Waals surface area contributed by atoms with Crippen molar-refractivity contribution in [2.24, 2.45) is 0 Å². The number of urea groups is 1. The first-order chi connectivity index (χ1) is 10.5. The molecule has 7 heteroatoms. The number of hydrogen-bond donors (Lipinski definition) is 2. The molecule has 2 N–H and O–H groups in total. The zero-order chi connectivity index (χ0) is 16.1. The first-order valence-corrected chi connectivity index (χ1v) is 7.71. The minimum Gasteiger partial charge on any atom is -0.507 e. The van der Waals surface area contributed by atoms with Gasteiger partial charge in [-0.1, -0.05) is 34.6 Å².